The first-order chi connectivity index (χ1) is 8.93. The van der Waals surface area contributed by atoms with Crippen LogP contribution in [0.25, 0.3) is 22.5 Å². The zero-order chi connectivity index (χ0) is 12.2. The molecule has 86 valence electrons. The van der Waals surface area contributed by atoms with Crippen molar-refractivity contribution < 1.29 is 0 Å². The van der Waals surface area contributed by atoms with E-state index in [-0.39, 0.29) is 0 Å². The van der Waals surface area contributed by atoms with Gasteiger partial charge in [-0.15, -0.1) is 0 Å². The van der Waals surface area contributed by atoms with Gasteiger partial charge in [-0.2, -0.15) is 0 Å². The van der Waals surface area contributed by atoms with Crippen LogP contribution in [0.2, 0.25) is 0 Å². The van der Waals surface area contributed by atoms with E-state index in [4.69, 9.17) is 0 Å². The highest BCUT2D eigenvalue weighted by Gasteiger charge is 2.01. The lowest BCUT2D eigenvalue weighted by atomic mass is 10.1. The summed E-state index contributed by atoms with van der Waals surface area (Å²) in [7, 11) is 0. The molecule has 2 heterocycles. The molecule has 0 saturated heterocycles. The van der Waals surface area contributed by atoms with Gasteiger partial charge >= 0.3 is 0 Å². The summed E-state index contributed by atoms with van der Waals surface area (Å²) in [6, 6.07) is 12.1. The van der Waals surface area contributed by atoms with Gasteiger partial charge in [0.1, 0.15) is 12.7 Å². The smallest absolute Gasteiger partial charge is 0.162 e. The molecule has 0 aliphatic rings. The summed E-state index contributed by atoms with van der Waals surface area (Å²) in [6.45, 7) is 0. The lowest BCUT2D eigenvalue weighted by molar-refractivity contribution is 1.06. The number of nitrogens with zero attached hydrogens (tertiary/aromatic N) is 4. The molecule has 0 bridgehead atoms. The van der Waals surface area contributed by atoms with Crippen LogP contribution < -0.4 is 0 Å². The Hall–Kier alpha value is -2.62. The lowest BCUT2D eigenvalue weighted by Crippen LogP contribution is -1.88. The first-order valence-electron chi connectivity index (χ1n) is 5.56. The largest absolute Gasteiger partial charge is 0.265 e. The fraction of sp³-hybridized carbons (Fsp3) is 0. The fourth-order valence-corrected chi connectivity index (χ4v) is 1.74. The molecular weight excluding hydrogens is 224 g/mol. The van der Waals surface area contributed by atoms with Crippen molar-refractivity contribution in [1.82, 2.24) is 19.9 Å². The Morgan fingerprint density at radius 3 is 1.78 bits per heavy atom. The van der Waals surface area contributed by atoms with Crippen LogP contribution >= 0.6 is 0 Å². The van der Waals surface area contributed by atoms with Crippen LogP contribution in [0.3, 0.4) is 0 Å². The van der Waals surface area contributed by atoms with E-state index < -0.39 is 0 Å². The molecule has 2 aromatic heterocycles. The van der Waals surface area contributed by atoms with Crippen LogP contribution in [0.4, 0.5) is 0 Å². The number of aromatic nitrogens is 4. The van der Waals surface area contributed by atoms with Crippen LogP contribution in [0, 0.1) is 0 Å². The molecule has 3 rings (SSSR count). The highest BCUT2D eigenvalue weighted by molar-refractivity contribution is 5.67. The second-order valence-electron chi connectivity index (χ2n) is 3.78. The Bertz CT molecular complexity index is 562. The molecule has 0 unspecified atom stereocenters. The Kier molecular flexibility index (Phi) is 2.75. The highest BCUT2D eigenvalue weighted by atomic mass is 15.0. The molecule has 0 spiro atoms. The van der Waals surface area contributed by atoms with E-state index in [2.05, 4.69) is 32.1 Å². The quantitative estimate of drug-likeness (QED) is 0.684. The zero-order valence-electron chi connectivity index (χ0n) is 9.56. The molecule has 1 aromatic carbocycles. The van der Waals surface area contributed by atoms with Gasteiger partial charge in [0.2, 0.25) is 0 Å². The lowest BCUT2D eigenvalue weighted by Gasteiger charge is -2.03. The summed E-state index contributed by atoms with van der Waals surface area (Å²) >= 11 is 0. The van der Waals surface area contributed by atoms with Crippen molar-refractivity contribution in [3.8, 4) is 22.5 Å². The Balaban J connectivity index is 1.95. The minimum atomic E-state index is 0.686. The average molecular weight is 234 g/mol. The minimum absolute atomic E-state index is 0.686. The van der Waals surface area contributed by atoms with Crippen molar-refractivity contribution >= 4 is 0 Å². The third-order valence-electron chi connectivity index (χ3n) is 2.65. The number of rotatable bonds is 2. The predicted molar refractivity (Wildman–Crippen MR) is 68.5 cm³/mol. The van der Waals surface area contributed by atoms with Gasteiger partial charge in [-0.05, 0) is 23.3 Å². The topological polar surface area (TPSA) is 51.6 Å². The Morgan fingerprint density at radius 1 is 0.556 bits per heavy atom. The Morgan fingerprint density at radius 2 is 1.11 bits per heavy atom. The van der Waals surface area contributed by atoms with Gasteiger partial charge in [0.25, 0.3) is 0 Å². The van der Waals surface area contributed by atoms with E-state index in [1.54, 1.807) is 12.4 Å². The Labute approximate surface area is 104 Å². The third-order valence-corrected chi connectivity index (χ3v) is 2.65. The van der Waals surface area contributed by atoms with E-state index >= 15 is 0 Å². The predicted octanol–water partition coefficient (Wildman–Crippen LogP) is 2.60. The summed E-state index contributed by atoms with van der Waals surface area (Å²) in [6.07, 6.45) is 6.57. The van der Waals surface area contributed by atoms with E-state index in [0.717, 1.165) is 16.7 Å². The molecule has 4 nitrogen and oxygen atoms in total. The monoisotopic (exact) mass is 234 g/mol. The van der Waals surface area contributed by atoms with Crippen molar-refractivity contribution in [1.29, 1.82) is 0 Å². The second kappa shape index (κ2) is 4.71. The number of pyridine rings is 1. The summed E-state index contributed by atoms with van der Waals surface area (Å²) < 4.78 is 0. The summed E-state index contributed by atoms with van der Waals surface area (Å²) in [4.78, 5) is 16.1. The zero-order valence-corrected chi connectivity index (χ0v) is 9.56. The second-order valence-corrected chi connectivity index (χ2v) is 3.78. The standard InChI is InChI=1S/C14H10N4/c1-3-13(14-17-9-16-10-18-14)4-2-11(1)12-5-7-15-8-6-12/h1-10H. The summed E-state index contributed by atoms with van der Waals surface area (Å²) in [5, 5.41) is 0. The van der Waals surface area contributed by atoms with Crippen LogP contribution in [0.5, 0.6) is 0 Å². The maximum absolute atomic E-state index is 4.12. The van der Waals surface area contributed by atoms with E-state index in [1.165, 1.54) is 12.7 Å². The summed E-state index contributed by atoms with van der Waals surface area (Å²) in [5.74, 6) is 0.686. The van der Waals surface area contributed by atoms with E-state index in [9.17, 15) is 0 Å². The number of benzene rings is 1. The molecule has 0 fully saturated rings. The fourth-order valence-electron chi connectivity index (χ4n) is 1.74. The number of hydrogen-bond acceptors (Lipinski definition) is 4. The van der Waals surface area contributed by atoms with Gasteiger partial charge < -0.3 is 0 Å². The van der Waals surface area contributed by atoms with Gasteiger partial charge in [0.15, 0.2) is 5.82 Å². The maximum atomic E-state index is 4.12. The molecule has 4 heteroatoms. The molecule has 0 N–H and O–H groups in total. The maximum Gasteiger partial charge on any atom is 0.162 e. The highest BCUT2D eigenvalue weighted by Crippen LogP contribution is 2.21. The van der Waals surface area contributed by atoms with Gasteiger partial charge in [0, 0.05) is 18.0 Å². The van der Waals surface area contributed by atoms with Crippen LogP contribution in [0.1, 0.15) is 0 Å². The molecule has 0 amide bonds. The van der Waals surface area contributed by atoms with Gasteiger partial charge in [0.05, 0.1) is 0 Å². The van der Waals surface area contributed by atoms with Gasteiger partial charge in [-0.1, -0.05) is 24.3 Å². The molecule has 0 atom stereocenters. The third kappa shape index (κ3) is 2.08. The average Bonchev–Trinajstić information content (AvgIpc) is 2.49. The first kappa shape index (κ1) is 10.5. The van der Waals surface area contributed by atoms with Crippen LogP contribution in [-0.4, -0.2) is 19.9 Å². The van der Waals surface area contributed by atoms with E-state index in [1.807, 2.05) is 24.3 Å². The summed E-state index contributed by atoms with van der Waals surface area (Å²) in [5.41, 5.74) is 3.28. The molecular formula is C14H10N4. The van der Waals surface area contributed by atoms with Crippen molar-refractivity contribution in [2.24, 2.45) is 0 Å². The van der Waals surface area contributed by atoms with Gasteiger partial charge in [-0.25, -0.2) is 15.0 Å². The molecule has 0 radical (unpaired) electrons. The van der Waals surface area contributed by atoms with Crippen molar-refractivity contribution in [3.05, 3.63) is 61.4 Å². The van der Waals surface area contributed by atoms with Gasteiger partial charge in [-0.3, -0.25) is 4.98 Å². The molecule has 0 aliphatic carbocycles. The van der Waals surface area contributed by atoms with Crippen molar-refractivity contribution in [2.45, 2.75) is 0 Å². The SMILES string of the molecule is c1cc(-c2ccc(-c3ncncn3)cc2)ccn1. The van der Waals surface area contributed by atoms with Crippen molar-refractivity contribution in [2.75, 3.05) is 0 Å². The molecule has 18 heavy (non-hydrogen) atoms. The van der Waals surface area contributed by atoms with E-state index in [0.29, 0.717) is 5.82 Å². The molecule has 0 saturated carbocycles. The first-order valence-corrected chi connectivity index (χ1v) is 5.56. The molecule has 0 aliphatic heterocycles. The normalized spacial score (nSPS) is 10.2. The number of hydrogen-bond donors (Lipinski definition) is 0. The molecule has 3 aromatic rings. The van der Waals surface area contributed by atoms with Crippen LogP contribution in [0.15, 0.2) is 61.4 Å². The van der Waals surface area contributed by atoms with Crippen LogP contribution in [-0.2, 0) is 0 Å². The van der Waals surface area contributed by atoms with Crippen molar-refractivity contribution in [3.63, 3.8) is 0 Å². The minimum Gasteiger partial charge on any atom is -0.265 e.